The van der Waals surface area contributed by atoms with E-state index in [0.717, 1.165) is 77.0 Å². The van der Waals surface area contributed by atoms with Gasteiger partial charge >= 0.3 is 17.9 Å². The van der Waals surface area contributed by atoms with Crippen LogP contribution in [0.2, 0.25) is 0 Å². The number of esters is 3. The van der Waals surface area contributed by atoms with Gasteiger partial charge in [0.15, 0.2) is 6.10 Å². The number of rotatable bonds is 67. The van der Waals surface area contributed by atoms with Gasteiger partial charge in [-0.1, -0.05) is 340 Å². The number of hydrogen-bond donors (Lipinski definition) is 0. The fraction of sp³-hybridized carbons (Fsp3) is 0.878. The standard InChI is InChI=1S/C74H138O6/c1-4-7-10-13-16-19-22-25-28-31-33-34-35-36-37-38-39-40-42-43-46-49-52-55-58-61-64-67-73(76)79-70-71(69-78-72(75)66-63-60-57-54-51-48-45-30-27-24-21-18-15-12-9-6-3)80-74(77)68-65-62-59-56-53-50-47-44-41-32-29-26-23-20-17-14-11-8-5-2/h21,24,30-31,33,45,71H,4-20,22-23,25-29,32,34-44,46-70H2,1-3H3/b24-21-,33-31-,45-30-. The Hall–Kier alpha value is -2.37. The highest BCUT2D eigenvalue weighted by atomic mass is 16.6. The highest BCUT2D eigenvalue weighted by molar-refractivity contribution is 5.71. The van der Waals surface area contributed by atoms with Crippen LogP contribution < -0.4 is 0 Å². The summed E-state index contributed by atoms with van der Waals surface area (Å²) in [5.74, 6) is -0.855. The quantitative estimate of drug-likeness (QED) is 0.0261. The molecule has 0 spiro atoms. The molecule has 6 heteroatoms. The Bertz CT molecular complexity index is 1340. The first kappa shape index (κ1) is 77.6. The van der Waals surface area contributed by atoms with Crippen molar-refractivity contribution in [2.45, 2.75) is 406 Å². The summed E-state index contributed by atoms with van der Waals surface area (Å²) in [5, 5.41) is 0. The predicted molar refractivity (Wildman–Crippen MR) is 349 cm³/mol. The van der Waals surface area contributed by atoms with Crippen LogP contribution in [0.15, 0.2) is 36.5 Å². The molecule has 6 nitrogen and oxygen atoms in total. The molecule has 0 aliphatic heterocycles. The van der Waals surface area contributed by atoms with Gasteiger partial charge in [-0.2, -0.15) is 0 Å². The van der Waals surface area contributed by atoms with E-state index < -0.39 is 6.10 Å². The molecule has 1 atom stereocenters. The van der Waals surface area contributed by atoms with Crippen LogP contribution in [0, 0.1) is 0 Å². The van der Waals surface area contributed by atoms with Gasteiger partial charge in [0.05, 0.1) is 0 Å². The van der Waals surface area contributed by atoms with Gasteiger partial charge < -0.3 is 14.2 Å². The lowest BCUT2D eigenvalue weighted by molar-refractivity contribution is -0.167. The third kappa shape index (κ3) is 66.4. The summed E-state index contributed by atoms with van der Waals surface area (Å²) in [4.78, 5) is 38.5. The van der Waals surface area contributed by atoms with E-state index in [1.165, 1.54) is 283 Å². The molecule has 0 fully saturated rings. The van der Waals surface area contributed by atoms with Gasteiger partial charge in [0.2, 0.25) is 0 Å². The van der Waals surface area contributed by atoms with E-state index in [1.807, 2.05) is 0 Å². The summed E-state index contributed by atoms with van der Waals surface area (Å²) >= 11 is 0. The Morgan fingerprint density at radius 1 is 0.250 bits per heavy atom. The van der Waals surface area contributed by atoms with E-state index in [0.29, 0.717) is 19.3 Å². The summed E-state index contributed by atoms with van der Waals surface area (Å²) in [6.45, 7) is 6.69. The summed E-state index contributed by atoms with van der Waals surface area (Å²) < 4.78 is 17.0. The Labute approximate surface area is 499 Å². The average Bonchev–Trinajstić information content (AvgIpc) is 3.46. The number of unbranched alkanes of at least 4 members (excludes halogenated alkanes) is 50. The molecule has 0 aliphatic rings. The SMILES string of the molecule is CCCCCC/C=C\C/C=C\CCCCCCCC(=O)OCC(COC(=O)CCCCCCCCCCCCCCCCC/C=C\CCCCCCCCCC)OC(=O)CCCCCCCCCCCCCCCCCCCCC. The van der Waals surface area contributed by atoms with Gasteiger partial charge in [-0.05, 0) is 77.0 Å². The number of carbonyl (C=O) groups is 3. The van der Waals surface area contributed by atoms with Crippen LogP contribution in [-0.2, 0) is 28.6 Å². The third-order valence-corrected chi connectivity index (χ3v) is 16.4. The first-order chi connectivity index (χ1) is 39.5. The molecule has 0 rings (SSSR count). The van der Waals surface area contributed by atoms with Crippen LogP contribution >= 0.6 is 0 Å². The van der Waals surface area contributed by atoms with Gasteiger partial charge in [-0.3, -0.25) is 14.4 Å². The summed E-state index contributed by atoms with van der Waals surface area (Å²) in [5.41, 5.74) is 0. The molecule has 0 amide bonds. The van der Waals surface area contributed by atoms with E-state index in [1.54, 1.807) is 0 Å². The van der Waals surface area contributed by atoms with E-state index in [2.05, 4.69) is 57.2 Å². The molecule has 0 aromatic rings. The molecular weight excluding hydrogens is 985 g/mol. The highest BCUT2D eigenvalue weighted by Crippen LogP contribution is 2.18. The van der Waals surface area contributed by atoms with Crippen molar-refractivity contribution < 1.29 is 28.6 Å². The molecule has 0 N–H and O–H groups in total. The van der Waals surface area contributed by atoms with E-state index >= 15 is 0 Å². The van der Waals surface area contributed by atoms with Crippen LogP contribution in [0.3, 0.4) is 0 Å². The minimum Gasteiger partial charge on any atom is -0.462 e. The Morgan fingerprint density at radius 2 is 0.450 bits per heavy atom. The van der Waals surface area contributed by atoms with Crippen LogP contribution in [0.25, 0.3) is 0 Å². The second-order valence-corrected chi connectivity index (χ2v) is 24.5. The van der Waals surface area contributed by atoms with Crippen molar-refractivity contribution in [3.8, 4) is 0 Å². The van der Waals surface area contributed by atoms with Crippen LogP contribution in [0.4, 0.5) is 0 Å². The molecule has 470 valence electrons. The Kier molecular flexibility index (Phi) is 67.1. The molecule has 0 heterocycles. The van der Waals surface area contributed by atoms with Gasteiger partial charge in [0, 0.05) is 19.3 Å². The van der Waals surface area contributed by atoms with Crippen LogP contribution in [0.1, 0.15) is 400 Å². The maximum atomic E-state index is 13.0. The van der Waals surface area contributed by atoms with Crippen molar-refractivity contribution in [3.63, 3.8) is 0 Å². The molecule has 80 heavy (non-hydrogen) atoms. The highest BCUT2D eigenvalue weighted by Gasteiger charge is 2.19. The second-order valence-electron chi connectivity index (χ2n) is 24.5. The Morgan fingerprint density at radius 3 is 0.713 bits per heavy atom. The lowest BCUT2D eigenvalue weighted by Crippen LogP contribution is -2.30. The van der Waals surface area contributed by atoms with Crippen molar-refractivity contribution in [1.82, 2.24) is 0 Å². The predicted octanol–water partition coefficient (Wildman–Crippen LogP) is 24.7. The lowest BCUT2D eigenvalue weighted by Gasteiger charge is -2.18. The monoisotopic (exact) mass is 1120 g/mol. The Balaban J connectivity index is 4.25. The van der Waals surface area contributed by atoms with Gasteiger partial charge in [-0.15, -0.1) is 0 Å². The van der Waals surface area contributed by atoms with Crippen molar-refractivity contribution >= 4 is 17.9 Å². The van der Waals surface area contributed by atoms with Crippen molar-refractivity contribution in [2.75, 3.05) is 13.2 Å². The largest absolute Gasteiger partial charge is 0.462 e. The average molecular weight is 1120 g/mol. The maximum absolute atomic E-state index is 13.0. The summed E-state index contributed by atoms with van der Waals surface area (Å²) in [6.07, 6.45) is 86.0. The number of allylic oxidation sites excluding steroid dienone is 6. The fourth-order valence-electron chi connectivity index (χ4n) is 10.9. The number of hydrogen-bond acceptors (Lipinski definition) is 6. The first-order valence-electron chi connectivity index (χ1n) is 36.0. The maximum Gasteiger partial charge on any atom is 0.306 e. The van der Waals surface area contributed by atoms with Gasteiger partial charge in [0.1, 0.15) is 13.2 Å². The molecule has 0 saturated carbocycles. The molecule has 0 aromatic carbocycles. The minimum absolute atomic E-state index is 0.0713. The fourth-order valence-corrected chi connectivity index (χ4v) is 10.9. The molecule has 0 aliphatic carbocycles. The topological polar surface area (TPSA) is 78.9 Å². The zero-order valence-corrected chi connectivity index (χ0v) is 54.1. The summed E-state index contributed by atoms with van der Waals surface area (Å²) in [6, 6.07) is 0. The van der Waals surface area contributed by atoms with Crippen molar-refractivity contribution in [1.29, 1.82) is 0 Å². The third-order valence-electron chi connectivity index (χ3n) is 16.4. The van der Waals surface area contributed by atoms with Gasteiger partial charge in [0.25, 0.3) is 0 Å². The van der Waals surface area contributed by atoms with E-state index in [9.17, 15) is 14.4 Å². The molecule has 1 unspecified atom stereocenters. The zero-order valence-electron chi connectivity index (χ0n) is 54.1. The molecule has 0 aromatic heterocycles. The molecule has 0 radical (unpaired) electrons. The van der Waals surface area contributed by atoms with Gasteiger partial charge in [-0.25, -0.2) is 0 Å². The minimum atomic E-state index is -0.776. The summed E-state index contributed by atoms with van der Waals surface area (Å²) in [7, 11) is 0. The molecular formula is C74H138O6. The van der Waals surface area contributed by atoms with Crippen molar-refractivity contribution in [2.24, 2.45) is 0 Å². The smallest absolute Gasteiger partial charge is 0.306 e. The second kappa shape index (κ2) is 69.1. The lowest BCUT2D eigenvalue weighted by atomic mass is 10.0. The van der Waals surface area contributed by atoms with Crippen LogP contribution in [-0.4, -0.2) is 37.2 Å². The number of ether oxygens (including phenoxy) is 3. The normalized spacial score (nSPS) is 12.2. The first-order valence-corrected chi connectivity index (χ1v) is 36.0. The van der Waals surface area contributed by atoms with Crippen molar-refractivity contribution in [3.05, 3.63) is 36.5 Å². The number of carbonyl (C=O) groups excluding carboxylic acids is 3. The molecule has 0 bridgehead atoms. The molecule has 0 saturated heterocycles. The van der Waals surface area contributed by atoms with Crippen LogP contribution in [0.5, 0.6) is 0 Å². The van der Waals surface area contributed by atoms with E-state index in [-0.39, 0.29) is 31.1 Å². The zero-order chi connectivity index (χ0) is 57.8. The van der Waals surface area contributed by atoms with E-state index in [4.69, 9.17) is 14.2 Å².